The SMILES string of the molecule is CCNc1ncc2cc(-c3ccc(-c4cncc(C)n4)cc3Cl)c(=O)n(CCC3[C@H]4CNC[C@@H]34)c2n1. The molecule has 36 heavy (non-hydrogen) atoms. The number of pyridine rings is 1. The van der Waals surface area contributed by atoms with Crippen LogP contribution in [0.3, 0.4) is 0 Å². The van der Waals surface area contributed by atoms with E-state index in [0.717, 1.165) is 53.7 Å². The molecule has 2 N–H and O–H groups in total. The van der Waals surface area contributed by atoms with E-state index in [1.807, 2.05) is 42.7 Å². The van der Waals surface area contributed by atoms with Gasteiger partial charge in [-0.1, -0.05) is 23.7 Å². The number of halogens is 1. The van der Waals surface area contributed by atoms with E-state index in [4.69, 9.17) is 16.6 Å². The van der Waals surface area contributed by atoms with E-state index in [-0.39, 0.29) is 5.56 Å². The highest BCUT2D eigenvalue weighted by Gasteiger charge is 2.51. The monoisotopic (exact) mass is 501 g/mol. The minimum atomic E-state index is -0.0856. The van der Waals surface area contributed by atoms with Gasteiger partial charge in [0.25, 0.3) is 5.56 Å². The van der Waals surface area contributed by atoms with E-state index in [1.165, 1.54) is 0 Å². The molecule has 184 valence electrons. The van der Waals surface area contributed by atoms with Gasteiger partial charge in [-0.15, -0.1) is 0 Å². The molecule has 2 aliphatic rings. The van der Waals surface area contributed by atoms with Gasteiger partial charge < -0.3 is 10.6 Å². The summed E-state index contributed by atoms with van der Waals surface area (Å²) in [6.45, 7) is 7.41. The predicted octanol–water partition coefficient (Wildman–Crippen LogP) is 4.16. The number of hydrogen-bond acceptors (Lipinski definition) is 7. The lowest BCUT2D eigenvalue weighted by atomic mass is 10.0. The van der Waals surface area contributed by atoms with Crippen LogP contribution in [0.25, 0.3) is 33.4 Å². The summed E-state index contributed by atoms with van der Waals surface area (Å²) in [5, 5.41) is 7.91. The highest BCUT2D eigenvalue weighted by molar-refractivity contribution is 6.33. The lowest BCUT2D eigenvalue weighted by Gasteiger charge is -2.15. The van der Waals surface area contributed by atoms with Crippen LogP contribution in [0.15, 0.2) is 47.7 Å². The molecular weight excluding hydrogens is 474 g/mol. The fraction of sp³-hybridized carbons (Fsp3) is 0.370. The van der Waals surface area contributed by atoms with Crippen molar-refractivity contribution in [1.29, 1.82) is 0 Å². The van der Waals surface area contributed by atoms with Gasteiger partial charge in [-0.2, -0.15) is 4.98 Å². The maximum absolute atomic E-state index is 13.9. The predicted molar refractivity (Wildman–Crippen MR) is 142 cm³/mol. The molecule has 0 radical (unpaired) electrons. The lowest BCUT2D eigenvalue weighted by Crippen LogP contribution is -2.24. The number of piperidine rings is 1. The van der Waals surface area contributed by atoms with Crippen molar-refractivity contribution in [2.45, 2.75) is 26.8 Å². The van der Waals surface area contributed by atoms with Crippen LogP contribution in [0.5, 0.6) is 0 Å². The van der Waals surface area contributed by atoms with Gasteiger partial charge >= 0.3 is 0 Å². The van der Waals surface area contributed by atoms with Crippen molar-refractivity contribution < 1.29 is 0 Å². The van der Waals surface area contributed by atoms with Crippen LogP contribution in [-0.4, -0.2) is 44.1 Å². The molecule has 0 amide bonds. The number of benzene rings is 1. The number of rotatable bonds is 7. The zero-order valence-corrected chi connectivity index (χ0v) is 21.1. The zero-order chi connectivity index (χ0) is 24.8. The van der Waals surface area contributed by atoms with Gasteiger partial charge in [-0.05, 0) is 63.2 Å². The Morgan fingerprint density at radius 3 is 2.69 bits per heavy atom. The molecule has 6 rings (SSSR count). The van der Waals surface area contributed by atoms with Gasteiger partial charge in [-0.3, -0.25) is 14.3 Å². The van der Waals surface area contributed by atoms with Gasteiger partial charge in [0.1, 0.15) is 5.65 Å². The topological polar surface area (TPSA) is 97.6 Å². The minimum Gasteiger partial charge on any atom is -0.354 e. The average Bonchev–Trinajstić information content (AvgIpc) is 3.29. The van der Waals surface area contributed by atoms with Crippen LogP contribution in [0.4, 0.5) is 5.95 Å². The number of aryl methyl sites for hydroxylation is 2. The number of fused-ring (bicyclic) bond motifs is 2. The molecule has 9 heteroatoms. The normalized spacial score (nSPS) is 20.5. The van der Waals surface area contributed by atoms with Gasteiger partial charge in [0.15, 0.2) is 0 Å². The molecule has 1 aromatic carbocycles. The minimum absolute atomic E-state index is 0.0856. The van der Waals surface area contributed by atoms with Crippen molar-refractivity contribution in [1.82, 2.24) is 29.8 Å². The first-order valence-electron chi connectivity index (χ1n) is 12.5. The molecule has 0 spiro atoms. The van der Waals surface area contributed by atoms with Gasteiger partial charge in [-0.25, -0.2) is 9.97 Å². The number of nitrogens with zero attached hydrogens (tertiary/aromatic N) is 5. The molecule has 1 saturated heterocycles. The number of anilines is 1. The van der Waals surface area contributed by atoms with Gasteiger partial charge in [0.05, 0.1) is 17.6 Å². The second kappa shape index (κ2) is 9.26. The highest BCUT2D eigenvalue weighted by Crippen LogP contribution is 2.50. The lowest BCUT2D eigenvalue weighted by molar-refractivity contribution is 0.511. The van der Waals surface area contributed by atoms with Crippen molar-refractivity contribution in [2.75, 3.05) is 25.0 Å². The maximum Gasteiger partial charge on any atom is 0.260 e. The fourth-order valence-electron chi connectivity index (χ4n) is 5.55. The van der Waals surface area contributed by atoms with Crippen molar-refractivity contribution in [3.63, 3.8) is 0 Å². The van der Waals surface area contributed by atoms with Gasteiger partial charge in [0.2, 0.25) is 5.95 Å². The Bertz CT molecular complexity index is 1510. The Morgan fingerprint density at radius 2 is 1.94 bits per heavy atom. The van der Waals surface area contributed by atoms with E-state index >= 15 is 0 Å². The van der Waals surface area contributed by atoms with Crippen molar-refractivity contribution in [3.05, 3.63) is 63.9 Å². The van der Waals surface area contributed by atoms with Gasteiger partial charge in [0, 0.05) is 52.6 Å². The molecule has 1 aliphatic heterocycles. The molecule has 1 aliphatic carbocycles. The summed E-state index contributed by atoms with van der Waals surface area (Å²) in [5.74, 6) is 2.69. The van der Waals surface area contributed by atoms with Crippen LogP contribution in [0, 0.1) is 24.7 Å². The molecule has 4 heterocycles. The smallest absolute Gasteiger partial charge is 0.260 e. The summed E-state index contributed by atoms with van der Waals surface area (Å²) in [6.07, 6.45) is 6.17. The summed E-state index contributed by atoms with van der Waals surface area (Å²) >= 11 is 6.75. The molecule has 3 atom stereocenters. The standard InChI is InChI=1S/C27H28ClN7O/c1-3-31-27-32-11-17-8-20(19-5-4-16(9-23(19)28)24-14-29-10-15(2)33-24)26(36)35(25(17)34-27)7-6-18-21-12-30-13-22(18)21/h4-5,8-11,14,18,21-22,30H,3,6-7,12-13H2,1-2H3,(H,31,32,34)/t18?,21-,22+. The molecule has 2 fully saturated rings. The summed E-state index contributed by atoms with van der Waals surface area (Å²) in [6, 6.07) is 7.52. The van der Waals surface area contributed by atoms with E-state index in [0.29, 0.717) is 46.8 Å². The Hall–Kier alpha value is -3.36. The Morgan fingerprint density at radius 1 is 1.11 bits per heavy atom. The third-order valence-electron chi connectivity index (χ3n) is 7.43. The second-order valence-corrected chi connectivity index (χ2v) is 10.1. The van der Waals surface area contributed by atoms with E-state index in [1.54, 1.807) is 18.6 Å². The van der Waals surface area contributed by atoms with E-state index < -0.39 is 0 Å². The van der Waals surface area contributed by atoms with Crippen LogP contribution < -0.4 is 16.2 Å². The summed E-state index contributed by atoms with van der Waals surface area (Å²) in [5.41, 5.74) is 4.23. The summed E-state index contributed by atoms with van der Waals surface area (Å²) in [4.78, 5) is 31.8. The van der Waals surface area contributed by atoms with Crippen molar-refractivity contribution in [2.24, 2.45) is 17.8 Å². The molecule has 4 aromatic rings. The molecule has 0 bridgehead atoms. The number of hydrogen-bond donors (Lipinski definition) is 2. The summed E-state index contributed by atoms with van der Waals surface area (Å²) < 4.78 is 1.81. The third kappa shape index (κ3) is 4.14. The maximum atomic E-state index is 13.9. The van der Waals surface area contributed by atoms with Crippen LogP contribution in [0.1, 0.15) is 19.0 Å². The van der Waals surface area contributed by atoms with Crippen LogP contribution in [0.2, 0.25) is 5.02 Å². The molecule has 1 unspecified atom stereocenters. The average molecular weight is 502 g/mol. The number of aromatic nitrogens is 5. The first-order chi connectivity index (χ1) is 17.5. The second-order valence-electron chi connectivity index (χ2n) is 9.70. The van der Waals surface area contributed by atoms with Crippen molar-refractivity contribution >= 4 is 28.6 Å². The Balaban J connectivity index is 1.41. The molecule has 8 nitrogen and oxygen atoms in total. The highest BCUT2D eigenvalue weighted by atomic mass is 35.5. The largest absolute Gasteiger partial charge is 0.354 e. The Kier molecular flexibility index (Phi) is 5.93. The third-order valence-corrected chi connectivity index (χ3v) is 7.74. The summed E-state index contributed by atoms with van der Waals surface area (Å²) in [7, 11) is 0. The first kappa shape index (κ1) is 23.1. The van der Waals surface area contributed by atoms with E-state index in [9.17, 15) is 4.79 Å². The van der Waals surface area contributed by atoms with Crippen LogP contribution in [-0.2, 0) is 6.54 Å². The first-order valence-corrected chi connectivity index (χ1v) is 12.9. The van der Waals surface area contributed by atoms with Crippen molar-refractivity contribution in [3.8, 4) is 22.4 Å². The Labute approximate surface area is 214 Å². The number of nitrogens with one attached hydrogen (secondary N) is 2. The quantitative estimate of drug-likeness (QED) is 0.392. The molecule has 3 aromatic heterocycles. The van der Waals surface area contributed by atoms with Crippen LogP contribution >= 0.6 is 11.6 Å². The van der Waals surface area contributed by atoms with E-state index in [2.05, 4.69) is 25.6 Å². The fourth-order valence-corrected chi connectivity index (χ4v) is 5.83. The molecular formula is C27H28ClN7O. The molecule has 1 saturated carbocycles. The zero-order valence-electron chi connectivity index (χ0n) is 20.3.